The summed E-state index contributed by atoms with van der Waals surface area (Å²) in [5.41, 5.74) is 1.70. The predicted molar refractivity (Wildman–Crippen MR) is 116 cm³/mol. The minimum atomic E-state index is -0.737. The number of carbonyl (C=O) groups is 2. The van der Waals surface area contributed by atoms with E-state index in [0.29, 0.717) is 5.56 Å². The second-order valence-corrected chi connectivity index (χ2v) is 8.43. The summed E-state index contributed by atoms with van der Waals surface area (Å²) in [4.78, 5) is 38.3. The van der Waals surface area contributed by atoms with Crippen LogP contribution in [0.4, 0.5) is 5.69 Å². The zero-order valence-corrected chi connectivity index (χ0v) is 18.1. The lowest BCUT2D eigenvalue weighted by Crippen LogP contribution is -2.52. The van der Waals surface area contributed by atoms with E-state index in [4.69, 9.17) is 0 Å². The van der Waals surface area contributed by atoms with Crippen molar-refractivity contribution >= 4 is 17.5 Å². The lowest BCUT2D eigenvalue weighted by molar-refractivity contribution is -0.385. The van der Waals surface area contributed by atoms with E-state index in [2.05, 4.69) is 5.32 Å². The van der Waals surface area contributed by atoms with Gasteiger partial charge >= 0.3 is 0 Å². The Morgan fingerprint density at radius 1 is 1.07 bits per heavy atom. The van der Waals surface area contributed by atoms with Crippen molar-refractivity contribution in [2.24, 2.45) is 0 Å². The van der Waals surface area contributed by atoms with Gasteiger partial charge < -0.3 is 10.2 Å². The molecular weight excluding hydrogens is 382 g/mol. The number of hydrogen-bond acceptors (Lipinski definition) is 4. The van der Waals surface area contributed by atoms with E-state index >= 15 is 0 Å². The Balaban J connectivity index is 2.35. The molecule has 0 heterocycles. The van der Waals surface area contributed by atoms with Gasteiger partial charge in [0.1, 0.15) is 6.04 Å². The van der Waals surface area contributed by atoms with Crippen molar-refractivity contribution in [2.45, 2.75) is 59.2 Å². The fraction of sp³-hybridized carbons (Fsp3) is 0.391. The van der Waals surface area contributed by atoms with Crippen molar-refractivity contribution < 1.29 is 14.5 Å². The van der Waals surface area contributed by atoms with Crippen molar-refractivity contribution in [2.75, 3.05) is 0 Å². The Morgan fingerprint density at radius 3 is 2.20 bits per heavy atom. The molecule has 0 unspecified atom stereocenters. The number of carbonyl (C=O) groups excluding carboxylic acids is 2. The number of amides is 2. The van der Waals surface area contributed by atoms with Gasteiger partial charge in [0.15, 0.2) is 0 Å². The van der Waals surface area contributed by atoms with E-state index in [-0.39, 0.29) is 30.5 Å². The molecular formula is C23H29N3O4. The molecule has 1 N–H and O–H groups in total. The third kappa shape index (κ3) is 6.14. The molecule has 2 aromatic carbocycles. The van der Waals surface area contributed by atoms with E-state index in [9.17, 15) is 19.7 Å². The molecule has 30 heavy (non-hydrogen) atoms. The molecule has 7 nitrogen and oxygen atoms in total. The van der Waals surface area contributed by atoms with Crippen LogP contribution in [0.5, 0.6) is 0 Å². The fourth-order valence-electron chi connectivity index (χ4n) is 3.13. The number of rotatable bonds is 7. The summed E-state index contributed by atoms with van der Waals surface area (Å²) in [6, 6.07) is 13.1. The van der Waals surface area contributed by atoms with Gasteiger partial charge in [-0.1, -0.05) is 42.5 Å². The maximum absolute atomic E-state index is 13.2. The van der Waals surface area contributed by atoms with Crippen LogP contribution in [-0.4, -0.2) is 33.2 Å². The number of nitrogens with one attached hydrogen (secondary N) is 1. The maximum Gasteiger partial charge on any atom is 0.273 e. The zero-order valence-electron chi connectivity index (χ0n) is 18.1. The molecule has 0 aliphatic carbocycles. The van der Waals surface area contributed by atoms with Gasteiger partial charge in [0.25, 0.3) is 5.69 Å². The van der Waals surface area contributed by atoms with Gasteiger partial charge in [0.2, 0.25) is 11.8 Å². The number of para-hydroxylation sites is 1. The smallest absolute Gasteiger partial charge is 0.273 e. The van der Waals surface area contributed by atoms with Gasteiger partial charge in [0, 0.05) is 23.7 Å². The number of nitro benzene ring substituents is 1. The molecule has 7 heteroatoms. The minimum Gasteiger partial charge on any atom is -0.350 e. The second kappa shape index (κ2) is 9.52. The van der Waals surface area contributed by atoms with Crippen molar-refractivity contribution in [1.82, 2.24) is 10.2 Å². The topological polar surface area (TPSA) is 92.6 Å². The summed E-state index contributed by atoms with van der Waals surface area (Å²) in [5.74, 6) is -0.615. The number of nitrogens with zero attached hydrogens (tertiary/aromatic N) is 2. The molecule has 2 amide bonds. The Hall–Kier alpha value is -3.22. The predicted octanol–water partition coefficient (Wildman–Crippen LogP) is 3.78. The summed E-state index contributed by atoms with van der Waals surface area (Å²) in [7, 11) is 0. The van der Waals surface area contributed by atoms with Crippen LogP contribution in [0.1, 0.15) is 44.4 Å². The van der Waals surface area contributed by atoms with Crippen LogP contribution in [0.15, 0.2) is 48.5 Å². The Kier molecular flexibility index (Phi) is 7.32. The highest BCUT2D eigenvalue weighted by Crippen LogP contribution is 2.21. The second-order valence-electron chi connectivity index (χ2n) is 8.43. The summed E-state index contributed by atoms with van der Waals surface area (Å²) in [6.45, 7) is 9.48. The van der Waals surface area contributed by atoms with Crippen LogP contribution in [0, 0.1) is 17.0 Å². The van der Waals surface area contributed by atoms with Crippen LogP contribution < -0.4 is 5.32 Å². The van der Waals surface area contributed by atoms with Crippen molar-refractivity contribution in [3.8, 4) is 0 Å². The first-order chi connectivity index (χ1) is 14.0. The number of nitro groups is 1. The molecule has 0 aromatic heterocycles. The average molecular weight is 412 g/mol. The number of hydrogen-bond donors (Lipinski definition) is 1. The molecule has 0 radical (unpaired) electrons. The lowest BCUT2D eigenvalue weighted by atomic mass is 10.0. The molecule has 0 fully saturated rings. The maximum atomic E-state index is 13.2. The molecule has 2 aromatic rings. The highest BCUT2D eigenvalue weighted by atomic mass is 16.6. The van der Waals surface area contributed by atoms with Gasteiger partial charge in [-0.25, -0.2) is 0 Å². The first kappa shape index (κ1) is 23.1. The zero-order chi connectivity index (χ0) is 22.5. The number of aryl methyl sites for hydroxylation is 1. The molecule has 0 saturated carbocycles. The largest absolute Gasteiger partial charge is 0.350 e. The molecule has 0 saturated heterocycles. The van der Waals surface area contributed by atoms with Gasteiger partial charge in [0.05, 0.1) is 11.3 Å². The Labute approximate surface area is 177 Å². The molecule has 0 bridgehead atoms. The highest BCUT2D eigenvalue weighted by Gasteiger charge is 2.29. The third-order valence-corrected chi connectivity index (χ3v) is 4.80. The molecule has 0 spiro atoms. The summed E-state index contributed by atoms with van der Waals surface area (Å²) < 4.78 is 0. The monoisotopic (exact) mass is 411 g/mol. The number of benzene rings is 2. The van der Waals surface area contributed by atoms with E-state index in [0.717, 1.165) is 11.1 Å². The Bertz CT molecular complexity index is 934. The van der Waals surface area contributed by atoms with Crippen molar-refractivity contribution in [1.29, 1.82) is 0 Å². The van der Waals surface area contributed by atoms with Gasteiger partial charge in [-0.3, -0.25) is 19.7 Å². The first-order valence-electron chi connectivity index (χ1n) is 9.88. The fourth-order valence-corrected chi connectivity index (χ4v) is 3.13. The van der Waals surface area contributed by atoms with Crippen molar-refractivity contribution in [3.63, 3.8) is 0 Å². The molecule has 160 valence electrons. The minimum absolute atomic E-state index is 0.103. The van der Waals surface area contributed by atoms with Gasteiger partial charge in [-0.05, 0) is 45.7 Å². The SMILES string of the molecule is Cc1ccccc1CN(C(=O)Cc1ccccc1[N+](=O)[O-])[C@@H](C)C(=O)NC(C)(C)C. The molecule has 1 atom stereocenters. The summed E-state index contributed by atoms with van der Waals surface area (Å²) in [5, 5.41) is 14.2. The van der Waals surface area contributed by atoms with Crippen LogP contribution in [-0.2, 0) is 22.6 Å². The van der Waals surface area contributed by atoms with Crippen molar-refractivity contribution in [3.05, 3.63) is 75.3 Å². The van der Waals surface area contributed by atoms with E-state index in [1.807, 2.05) is 52.0 Å². The first-order valence-corrected chi connectivity index (χ1v) is 9.88. The Morgan fingerprint density at radius 2 is 1.63 bits per heavy atom. The van der Waals surface area contributed by atoms with Gasteiger partial charge in [-0.2, -0.15) is 0 Å². The van der Waals surface area contributed by atoms with Crippen LogP contribution in [0.2, 0.25) is 0 Å². The van der Waals surface area contributed by atoms with E-state index in [1.54, 1.807) is 25.1 Å². The molecule has 0 aliphatic heterocycles. The van der Waals surface area contributed by atoms with Crippen LogP contribution >= 0.6 is 0 Å². The third-order valence-electron chi connectivity index (χ3n) is 4.80. The van der Waals surface area contributed by atoms with Crippen LogP contribution in [0.3, 0.4) is 0 Å². The van der Waals surface area contributed by atoms with Crippen LogP contribution in [0.25, 0.3) is 0 Å². The van der Waals surface area contributed by atoms with E-state index in [1.165, 1.54) is 11.0 Å². The quantitative estimate of drug-likeness (QED) is 0.554. The summed E-state index contributed by atoms with van der Waals surface area (Å²) in [6.07, 6.45) is -0.157. The molecule has 0 aliphatic rings. The average Bonchev–Trinajstić information content (AvgIpc) is 2.65. The normalized spacial score (nSPS) is 12.2. The van der Waals surface area contributed by atoms with E-state index < -0.39 is 16.5 Å². The summed E-state index contributed by atoms with van der Waals surface area (Å²) >= 11 is 0. The van der Waals surface area contributed by atoms with Gasteiger partial charge in [-0.15, -0.1) is 0 Å². The molecule has 2 rings (SSSR count). The standard InChI is InChI=1S/C23H29N3O4/c1-16-10-6-7-12-19(16)15-25(17(2)22(28)24-23(3,4)5)21(27)14-18-11-8-9-13-20(18)26(29)30/h6-13,17H,14-15H2,1-5H3,(H,24,28)/t17-/m0/s1. The highest BCUT2D eigenvalue weighted by molar-refractivity contribution is 5.88. The lowest BCUT2D eigenvalue weighted by Gasteiger charge is -2.32.